The Bertz CT molecular complexity index is 1460. The summed E-state index contributed by atoms with van der Waals surface area (Å²) in [5.74, 6) is 1.25. The van der Waals surface area contributed by atoms with E-state index in [0.717, 1.165) is 54.6 Å². The minimum absolute atomic E-state index is 0.0163. The molecule has 0 aromatic heterocycles. The van der Waals surface area contributed by atoms with Crippen LogP contribution < -0.4 is 14.4 Å². The Balaban J connectivity index is 1.23. The van der Waals surface area contributed by atoms with E-state index in [1.807, 2.05) is 46.7 Å². The lowest BCUT2D eigenvalue weighted by Crippen LogP contribution is -2.47. The third-order valence-corrected chi connectivity index (χ3v) is 13.0. The molecule has 9 nitrogen and oxygen atoms in total. The molecule has 4 aliphatic rings. The van der Waals surface area contributed by atoms with Crippen molar-refractivity contribution < 1.29 is 22.7 Å². The van der Waals surface area contributed by atoms with Crippen molar-refractivity contribution in [1.29, 1.82) is 0 Å². The number of methoxy groups -OCH3 is 2. The molecule has 0 radical (unpaired) electrons. The third kappa shape index (κ3) is 6.14. The van der Waals surface area contributed by atoms with E-state index in [4.69, 9.17) is 9.47 Å². The Labute approximate surface area is 259 Å². The van der Waals surface area contributed by atoms with Gasteiger partial charge >= 0.3 is 0 Å². The van der Waals surface area contributed by atoms with Gasteiger partial charge in [-0.2, -0.15) is 0 Å². The summed E-state index contributed by atoms with van der Waals surface area (Å²) in [6.45, 7) is 4.96. The predicted octanol–water partition coefficient (Wildman–Crippen LogP) is 4.70. The van der Waals surface area contributed by atoms with Gasteiger partial charge in [0.05, 0.1) is 20.3 Å². The Morgan fingerprint density at radius 3 is 2.49 bits per heavy atom. The number of piperazine rings is 1. The highest BCUT2D eigenvalue weighted by molar-refractivity contribution is 8.14. The van der Waals surface area contributed by atoms with Gasteiger partial charge in [-0.3, -0.25) is 9.69 Å². The van der Waals surface area contributed by atoms with Gasteiger partial charge in [0.1, 0.15) is 4.58 Å². The fourth-order valence-corrected chi connectivity index (χ4v) is 9.56. The lowest BCUT2D eigenvalue weighted by molar-refractivity contribution is 0.0687. The Morgan fingerprint density at radius 1 is 1.05 bits per heavy atom. The summed E-state index contributed by atoms with van der Waals surface area (Å²) in [5, 5.41) is 1.86. The van der Waals surface area contributed by atoms with Crippen molar-refractivity contribution in [3.05, 3.63) is 64.6 Å². The highest BCUT2D eigenvalue weighted by Crippen LogP contribution is 2.41. The van der Waals surface area contributed by atoms with Crippen molar-refractivity contribution in [2.75, 3.05) is 58.9 Å². The van der Waals surface area contributed by atoms with Crippen LogP contribution in [0.25, 0.3) is 0 Å². The van der Waals surface area contributed by atoms with Crippen molar-refractivity contribution in [1.82, 2.24) is 14.1 Å². The van der Waals surface area contributed by atoms with Crippen LogP contribution in [0.5, 0.6) is 11.5 Å². The smallest absolute Gasteiger partial charge is 0.255 e. The van der Waals surface area contributed by atoms with Crippen LogP contribution in [0.2, 0.25) is 0 Å². The molecule has 0 bridgehead atoms. The number of amides is 1. The van der Waals surface area contributed by atoms with Crippen LogP contribution in [0, 0.1) is 0 Å². The lowest BCUT2D eigenvalue weighted by atomic mass is 9.99. The predicted molar refractivity (Wildman–Crippen MR) is 171 cm³/mol. The molecule has 3 aliphatic heterocycles. The number of rotatable bonds is 12. The second-order valence-corrected chi connectivity index (χ2v) is 15.4. The van der Waals surface area contributed by atoms with Crippen LogP contribution in [0.4, 0.5) is 5.69 Å². The number of thioether (sulfide) groups is 1. The van der Waals surface area contributed by atoms with Crippen molar-refractivity contribution in [3.63, 3.8) is 0 Å². The summed E-state index contributed by atoms with van der Waals surface area (Å²) < 4.78 is 38.3. The van der Waals surface area contributed by atoms with Gasteiger partial charge < -0.3 is 19.3 Å². The molecule has 0 spiro atoms. The average Bonchev–Trinajstić information content (AvgIpc) is 3.61. The molecule has 2 aromatic rings. The number of ether oxygens (including phenoxy) is 2. The second kappa shape index (κ2) is 12.7. The van der Waals surface area contributed by atoms with Gasteiger partial charge in [0.2, 0.25) is 10.0 Å². The van der Waals surface area contributed by atoms with Gasteiger partial charge in [-0.1, -0.05) is 18.2 Å². The largest absolute Gasteiger partial charge is 0.493 e. The van der Waals surface area contributed by atoms with Gasteiger partial charge in [0.25, 0.3) is 5.91 Å². The number of allylic oxidation sites excluding steroid dienone is 1. The molecular weight excluding hydrogens is 585 g/mol. The van der Waals surface area contributed by atoms with Crippen LogP contribution >= 0.6 is 11.8 Å². The average molecular weight is 627 g/mol. The molecular formula is C32H42N4O5S2. The Hall–Kier alpha value is -2.73. The fraction of sp³-hybridized carbons (Fsp3) is 0.531. The lowest BCUT2D eigenvalue weighted by Gasteiger charge is -2.37. The van der Waals surface area contributed by atoms with Gasteiger partial charge in [-0.15, -0.1) is 11.8 Å². The van der Waals surface area contributed by atoms with Crippen molar-refractivity contribution in [2.45, 2.75) is 55.3 Å². The quantitative estimate of drug-likeness (QED) is 0.335. The first-order valence-electron chi connectivity index (χ1n) is 15.2. The highest BCUT2D eigenvalue weighted by Gasteiger charge is 2.38. The van der Waals surface area contributed by atoms with Gasteiger partial charge in [0.15, 0.2) is 11.5 Å². The molecule has 1 amide bonds. The van der Waals surface area contributed by atoms with Crippen LogP contribution in [-0.2, 0) is 16.6 Å². The van der Waals surface area contributed by atoms with E-state index in [1.165, 1.54) is 28.9 Å². The van der Waals surface area contributed by atoms with Crippen molar-refractivity contribution in [2.24, 2.45) is 0 Å². The summed E-state index contributed by atoms with van der Waals surface area (Å²) in [5.41, 5.74) is 3.95. The molecule has 1 aliphatic carbocycles. The molecule has 11 heteroatoms. The molecule has 43 heavy (non-hydrogen) atoms. The molecule has 1 saturated heterocycles. The van der Waals surface area contributed by atoms with Crippen LogP contribution in [0.15, 0.2) is 47.9 Å². The fourth-order valence-electron chi connectivity index (χ4n) is 6.61. The number of sulfonamides is 1. The van der Waals surface area contributed by atoms with E-state index in [2.05, 4.69) is 15.9 Å². The number of nitrogens with zero attached hydrogens (tertiary/aromatic N) is 4. The van der Waals surface area contributed by atoms with E-state index in [0.29, 0.717) is 43.9 Å². The maximum absolute atomic E-state index is 14.0. The number of benzene rings is 2. The van der Waals surface area contributed by atoms with E-state index < -0.39 is 14.6 Å². The van der Waals surface area contributed by atoms with E-state index in [1.54, 1.807) is 21.3 Å². The summed E-state index contributed by atoms with van der Waals surface area (Å²) in [7, 11) is 1.46. The van der Waals surface area contributed by atoms with E-state index in [-0.39, 0.29) is 11.9 Å². The maximum atomic E-state index is 14.0. The van der Waals surface area contributed by atoms with Crippen LogP contribution in [0.1, 0.15) is 59.6 Å². The zero-order chi connectivity index (χ0) is 30.1. The first-order chi connectivity index (χ1) is 20.8. The number of carbonyl (C=O) groups excluding carboxylic acids is 1. The topological polar surface area (TPSA) is 82.6 Å². The zero-order valence-electron chi connectivity index (χ0n) is 25.3. The standard InChI is InChI=1S/C32H42N4O5S2/c1-33(43(38,39)31-10-6-20-42-31)15-5-9-27(23-11-14-29(40-2)30(21-23)41-3)36-22-26-25(32(36)37)7-4-8-28(26)35-18-16-34(17-19-35)24-12-13-24/h4,6-8,11,14,20-21,24,27,31H,5,9-10,12-13,15-19,22H2,1-3H3/t27-,31?/m1/s1. The van der Waals surface area contributed by atoms with Gasteiger partial charge in [-0.05, 0) is 67.3 Å². The van der Waals surface area contributed by atoms with Gasteiger partial charge in [0, 0.05) is 69.2 Å². The third-order valence-electron chi connectivity index (χ3n) is 9.23. The number of carbonyl (C=O) groups is 1. The number of hydrogen-bond acceptors (Lipinski definition) is 8. The van der Waals surface area contributed by atoms with E-state index >= 15 is 0 Å². The Morgan fingerprint density at radius 2 is 1.81 bits per heavy atom. The molecule has 2 atom stereocenters. The minimum Gasteiger partial charge on any atom is -0.493 e. The molecule has 232 valence electrons. The summed E-state index contributed by atoms with van der Waals surface area (Å²) in [4.78, 5) is 21.0. The molecule has 6 rings (SSSR count). The number of anilines is 1. The minimum atomic E-state index is -3.41. The summed E-state index contributed by atoms with van der Waals surface area (Å²) in [6, 6.07) is 12.4. The SMILES string of the molecule is COc1ccc([C@@H](CCCN(C)S(=O)(=O)C2CC=CS2)N2Cc3c(cccc3N3CCN(C4CC4)CC3)C2=O)cc1OC. The second-order valence-electron chi connectivity index (χ2n) is 11.8. The molecule has 2 fully saturated rings. The summed E-state index contributed by atoms with van der Waals surface area (Å²) >= 11 is 1.36. The van der Waals surface area contributed by atoms with Crippen molar-refractivity contribution in [3.8, 4) is 11.5 Å². The molecule has 0 N–H and O–H groups in total. The first-order valence-corrected chi connectivity index (χ1v) is 17.7. The van der Waals surface area contributed by atoms with E-state index in [9.17, 15) is 13.2 Å². The first kappa shape index (κ1) is 30.3. The molecule has 2 aromatic carbocycles. The van der Waals surface area contributed by atoms with Crippen molar-refractivity contribution >= 4 is 33.4 Å². The van der Waals surface area contributed by atoms with Crippen LogP contribution in [0.3, 0.4) is 0 Å². The molecule has 1 unspecified atom stereocenters. The monoisotopic (exact) mass is 626 g/mol. The molecule has 3 heterocycles. The number of hydrogen-bond donors (Lipinski definition) is 0. The zero-order valence-corrected chi connectivity index (χ0v) is 26.9. The number of fused-ring (bicyclic) bond motifs is 1. The maximum Gasteiger partial charge on any atom is 0.255 e. The van der Waals surface area contributed by atoms with Gasteiger partial charge in [-0.25, -0.2) is 12.7 Å². The Kier molecular flexibility index (Phi) is 8.96. The highest BCUT2D eigenvalue weighted by atomic mass is 32.3. The normalized spacial score (nSPS) is 21.5. The molecule has 1 saturated carbocycles. The summed E-state index contributed by atoms with van der Waals surface area (Å²) in [6.07, 6.45) is 6.30. The van der Waals surface area contributed by atoms with Crippen LogP contribution in [-0.4, -0.2) is 93.0 Å².